The smallest absolute Gasteiger partial charge is 0.255 e. The highest BCUT2D eigenvalue weighted by molar-refractivity contribution is 6.34. The van der Waals surface area contributed by atoms with Crippen LogP contribution in [0.4, 0.5) is 5.69 Å². The van der Waals surface area contributed by atoms with E-state index >= 15 is 0 Å². The number of hydrogen-bond donors (Lipinski definition) is 2. The standard InChI is InChI=1S/C14H12ClNO2/c1-9-4-2-3-5-11(9)14(18)16-13-7-6-10(17)8-12(13)15/h2-8,17H,1H3,(H,16,18). The summed E-state index contributed by atoms with van der Waals surface area (Å²) >= 11 is 5.93. The molecular weight excluding hydrogens is 250 g/mol. The van der Waals surface area contributed by atoms with Crippen LogP contribution in [0.5, 0.6) is 5.75 Å². The zero-order chi connectivity index (χ0) is 13.1. The molecule has 3 nitrogen and oxygen atoms in total. The summed E-state index contributed by atoms with van der Waals surface area (Å²) in [4.78, 5) is 12.0. The molecule has 1 amide bonds. The summed E-state index contributed by atoms with van der Waals surface area (Å²) in [6.45, 7) is 1.87. The van der Waals surface area contributed by atoms with Crippen molar-refractivity contribution in [2.75, 3.05) is 5.32 Å². The predicted molar refractivity (Wildman–Crippen MR) is 72.2 cm³/mol. The summed E-state index contributed by atoms with van der Waals surface area (Å²) in [5, 5.41) is 12.3. The molecule has 0 fully saturated rings. The summed E-state index contributed by atoms with van der Waals surface area (Å²) in [5.41, 5.74) is 1.97. The Labute approximate surface area is 110 Å². The van der Waals surface area contributed by atoms with Gasteiger partial charge in [-0.3, -0.25) is 4.79 Å². The number of carbonyl (C=O) groups is 1. The van der Waals surface area contributed by atoms with Crippen LogP contribution in [-0.2, 0) is 0 Å². The molecule has 0 unspecified atom stereocenters. The van der Waals surface area contributed by atoms with E-state index in [1.807, 2.05) is 19.1 Å². The topological polar surface area (TPSA) is 49.3 Å². The van der Waals surface area contributed by atoms with Crippen LogP contribution in [0.2, 0.25) is 5.02 Å². The van der Waals surface area contributed by atoms with Crippen molar-refractivity contribution in [2.24, 2.45) is 0 Å². The third-order valence-corrected chi connectivity index (χ3v) is 2.90. The van der Waals surface area contributed by atoms with Gasteiger partial charge in [-0.2, -0.15) is 0 Å². The number of phenolic OH excluding ortho intramolecular Hbond substituents is 1. The second-order valence-electron chi connectivity index (χ2n) is 3.93. The molecule has 0 saturated heterocycles. The largest absolute Gasteiger partial charge is 0.508 e. The molecule has 2 aromatic rings. The van der Waals surface area contributed by atoms with Gasteiger partial charge in [0, 0.05) is 11.6 Å². The number of hydrogen-bond acceptors (Lipinski definition) is 2. The average Bonchev–Trinajstić information content (AvgIpc) is 2.33. The quantitative estimate of drug-likeness (QED) is 0.812. The fraction of sp³-hybridized carbons (Fsp3) is 0.0714. The van der Waals surface area contributed by atoms with Crippen LogP contribution in [0.25, 0.3) is 0 Å². The van der Waals surface area contributed by atoms with Gasteiger partial charge >= 0.3 is 0 Å². The second kappa shape index (κ2) is 5.10. The summed E-state index contributed by atoms with van der Waals surface area (Å²) in [6.07, 6.45) is 0. The third-order valence-electron chi connectivity index (χ3n) is 2.59. The minimum Gasteiger partial charge on any atom is -0.508 e. The number of anilines is 1. The van der Waals surface area contributed by atoms with E-state index in [0.29, 0.717) is 16.3 Å². The molecule has 4 heteroatoms. The van der Waals surface area contributed by atoms with E-state index in [4.69, 9.17) is 11.6 Å². The lowest BCUT2D eigenvalue weighted by molar-refractivity contribution is 0.102. The highest BCUT2D eigenvalue weighted by atomic mass is 35.5. The summed E-state index contributed by atoms with van der Waals surface area (Å²) < 4.78 is 0. The molecule has 2 N–H and O–H groups in total. The van der Waals surface area contributed by atoms with E-state index in [1.54, 1.807) is 18.2 Å². The fourth-order valence-electron chi connectivity index (χ4n) is 1.62. The second-order valence-corrected chi connectivity index (χ2v) is 4.34. The normalized spacial score (nSPS) is 10.1. The zero-order valence-corrected chi connectivity index (χ0v) is 10.5. The zero-order valence-electron chi connectivity index (χ0n) is 9.77. The van der Waals surface area contributed by atoms with Gasteiger partial charge in [-0.15, -0.1) is 0 Å². The Kier molecular flexibility index (Phi) is 3.53. The number of halogens is 1. The Bertz CT molecular complexity index is 596. The predicted octanol–water partition coefficient (Wildman–Crippen LogP) is 3.61. The van der Waals surface area contributed by atoms with Crippen molar-refractivity contribution in [1.29, 1.82) is 0 Å². The number of nitrogens with one attached hydrogen (secondary N) is 1. The molecular formula is C14H12ClNO2. The Morgan fingerprint density at radius 2 is 1.94 bits per heavy atom. The van der Waals surface area contributed by atoms with Crippen molar-refractivity contribution < 1.29 is 9.90 Å². The van der Waals surface area contributed by atoms with Crippen molar-refractivity contribution >= 4 is 23.2 Å². The highest BCUT2D eigenvalue weighted by Gasteiger charge is 2.10. The lowest BCUT2D eigenvalue weighted by Gasteiger charge is -2.09. The summed E-state index contributed by atoms with van der Waals surface area (Å²) in [5.74, 6) is -0.158. The number of carbonyl (C=O) groups excluding carboxylic acids is 1. The fourth-order valence-corrected chi connectivity index (χ4v) is 1.84. The maximum Gasteiger partial charge on any atom is 0.255 e. The first-order chi connectivity index (χ1) is 8.58. The van der Waals surface area contributed by atoms with Crippen LogP contribution < -0.4 is 5.32 Å². The van der Waals surface area contributed by atoms with Crippen LogP contribution in [0.1, 0.15) is 15.9 Å². The number of aromatic hydroxyl groups is 1. The maximum absolute atomic E-state index is 12.0. The van der Waals surface area contributed by atoms with Gasteiger partial charge < -0.3 is 10.4 Å². The molecule has 0 aliphatic carbocycles. The molecule has 0 aliphatic rings. The van der Waals surface area contributed by atoms with E-state index in [-0.39, 0.29) is 11.7 Å². The molecule has 2 rings (SSSR count). The van der Waals surface area contributed by atoms with Crippen LogP contribution >= 0.6 is 11.6 Å². The number of amides is 1. The molecule has 0 spiro atoms. The molecule has 0 heterocycles. The van der Waals surface area contributed by atoms with E-state index in [2.05, 4.69) is 5.32 Å². The molecule has 0 atom stereocenters. The van der Waals surface area contributed by atoms with Crippen molar-refractivity contribution in [3.05, 3.63) is 58.6 Å². The van der Waals surface area contributed by atoms with Crippen LogP contribution in [0.15, 0.2) is 42.5 Å². The maximum atomic E-state index is 12.0. The van der Waals surface area contributed by atoms with Crippen LogP contribution in [0, 0.1) is 6.92 Å². The number of phenols is 1. The van der Waals surface area contributed by atoms with Crippen molar-refractivity contribution in [2.45, 2.75) is 6.92 Å². The summed E-state index contributed by atoms with van der Waals surface area (Å²) in [6, 6.07) is 11.7. The Hall–Kier alpha value is -2.00. The minimum absolute atomic E-state index is 0.0638. The van der Waals surface area contributed by atoms with Gasteiger partial charge in [-0.1, -0.05) is 29.8 Å². The highest BCUT2D eigenvalue weighted by Crippen LogP contribution is 2.26. The van der Waals surface area contributed by atoms with Gasteiger partial charge in [-0.25, -0.2) is 0 Å². The Morgan fingerprint density at radius 1 is 1.22 bits per heavy atom. The van der Waals surface area contributed by atoms with Gasteiger partial charge in [0.25, 0.3) is 5.91 Å². The number of aryl methyl sites for hydroxylation is 1. The van der Waals surface area contributed by atoms with E-state index < -0.39 is 0 Å². The first-order valence-electron chi connectivity index (χ1n) is 5.43. The minimum atomic E-state index is -0.222. The van der Waals surface area contributed by atoms with Crippen molar-refractivity contribution in [3.63, 3.8) is 0 Å². The van der Waals surface area contributed by atoms with Gasteiger partial charge in [0.2, 0.25) is 0 Å². The SMILES string of the molecule is Cc1ccccc1C(=O)Nc1ccc(O)cc1Cl. The van der Waals surface area contributed by atoms with Crippen LogP contribution in [0.3, 0.4) is 0 Å². The van der Waals surface area contributed by atoms with Gasteiger partial charge in [0.15, 0.2) is 0 Å². The lowest BCUT2D eigenvalue weighted by atomic mass is 10.1. The molecule has 0 saturated carbocycles. The van der Waals surface area contributed by atoms with E-state index in [0.717, 1.165) is 5.56 Å². The van der Waals surface area contributed by atoms with Gasteiger partial charge in [0.1, 0.15) is 5.75 Å². The molecule has 18 heavy (non-hydrogen) atoms. The lowest BCUT2D eigenvalue weighted by Crippen LogP contribution is -2.13. The molecule has 0 radical (unpaired) electrons. The van der Waals surface area contributed by atoms with E-state index in [1.165, 1.54) is 12.1 Å². The summed E-state index contributed by atoms with van der Waals surface area (Å²) in [7, 11) is 0. The molecule has 0 aliphatic heterocycles. The Morgan fingerprint density at radius 3 is 2.61 bits per heavy atom. The van der Waals surface area contributed by atoms with Gasteiger partial charge in [-0.05, 0) is 30.7 Å². The third kappa shape index (κ3) is 2.63. The Balaban J connectivity index is 2.24. The van der Waals surface area contributed by atoms with Gasteiger partial charge in [0.05, 0.1) is 10.7 Å². The molecule has 0 bridgehead atoms. The first-order valence-corrected chi connectivity index (χ1v) is 5.81. The van der Waals surface area contributed by atoms with Crippen LogP contribution in [-0.4, -0.2) is 11.0 Å². The van der Waals surface area contributed by atoms with Crippen molar-refractivity contribution in [1.82, 2.24) is 0 Å². The number of benzene rings is 2. The molecule has 2 aromatic carbocycles. The average molecular weight is 262 g/mol. The first kappa shape index (κ1) is 12.5. The molecule has 92 valence electrons. The van der Waals surface area contributed by atoms with Crippen molar-refractivity contribution in [3.8, 4) is 5.75 Å². The van der Waals surface area contributed by atoms with E-state index in [9.17, 15) is 9.90 Å². The number of rotatable bonds is 2. The molecule has 0 aromatic heterocycles. The monoisotopic (exact) mass is 261 g/mol.